The SMILES string of the molecule is CCOC(=O)CCC(=O)Nc1cccc(Cl)c1C(=O)O. The summed E-state index contributed by atoms with van der Waals surface area (Å²) >= 11 is 5.77. The highest BCUT2D eigenvalue weighted by atomic mass is 35.5. The van der Waals surface area contributed by atoms with Crippen LogP contribution >= 0.6 is 11.6 Å². The average Bonchev–Trinajstić information content (AvgIpc) is 2.36. The molecule has 0 aromatic heterocycles. The molecule has 0 aliphatic carbocycles. The smallest absolute Gasteiger partial charge is 0.339 e. The van der Waals surface area contributed by atoms with Gasteiger partial charge < -0.3 is 15.2 Å². The Bertz CT molecular complexity index is 529. The minimum atomic E-state index is -1.24. The highest BCUT2D eigenvalue weighted by molar-refractivity contribution is 6.34. The van der Waals surface area contributed by atoms with Gasteiger partial charge in [-0.25, -0.2) is 4.79 Å². The van der Waals surface area contributed by atoms with Crippen LogP contribution in [-0.4, -0.2) is 29.6 Å². The van der Waals surface area contributed by atoms with Gasteiger partial charge in [-0.2, -0.15) is 0 Å². The van der Waals surface area contributed by atoms with E-state index in [0.717, 1.165) is 0 Å². The number of aromatic carboxylic acids is 1. The minimum Gasteiger partial charge on any atom is -0.478 e. The van der Waals surface area contributed by atoms with Crippen molar-refractivity contribution < 1.29 is 24.2 Å². The molecule has 0 atom stereocenters. The molecule has 0 spiro atoms. The number of hydrogen-bond donors (Lipinski definition) is 2. The van der Waals surface area contributed by atoms with Crippen LogP contribution in [0.25, 0.3) is 0 Å². The van der Waals surface area contributed by atoms with Crippen LogP contribution in [0.5, 0.6) is 0 Å². The number of anilines is 1. The van der Waals surface area contributed by atoms with Crippen LogP contribution in [-0.2, 0) is 14.3 Å². The zero-order valence-electron chi connectivity index (χ0n) is 10.8. The Kier molecular flexibility index (Phi) is 5.99. The maximum absolute atomic E-state index is 11.7. The van der Waals surface area contributed by atoms with Crippen molar-refractivity contribution in [1.29, 1.82) is 0 Å². The van der Waals surface area contributed by atoms with Crippen LogP contribution in [0.15, 0.2) is 18.2 Å². The van der Waals surface area contributed by atoms with E-state index in [-0.39, 0.29) is 35.7 Å². The van der Waals surface area contributed by atoms with Gasteiger partial charge in [0.1, 0.15) is 5.56 Å². The number of benzene rings is 1. The van der Waals surface area contributed by atoms with Crippen molar-refractivity contribution >= 4 is 35.1 Å². The fraction of sp³-hybridized carbons (Fsp3) is 0.308. The number of rotatable bonds is 6. The van der Waals surface area contributed by atoms with E-state index in [2.05, 4.69) is 10.1 Å². The summed E-state index contributed by atoms with van der Waals surface area (Å²) in [4.78, 5) is 33.8. The van der Waals surface area contributed by atoms with E-state index >= 15 is 0 Å². The van der Waals surface area contributed by atoms with Crippen molar-refractivity contribution in [3.05, 3.63) is 28.8 Å². The van der Waals surface area contributed by atoms with E-state index in [1.54, 1.807) is 6.92 Å². The predicted octanol–water partition coefficient (Wildman–Crippen LogP) is 2.32. The molecule has 0 aliphatic rings. The van der Waals surface area contributed by atoms with Gasteiger partial charge in [-0.15, -0.1) is 0 Å². The first-order valence-electron chi connectivity index (χ1n) is 5.93. The van der Waals surface area contributed by atoms with Gasteiger partial charge in [0, 0.05) is 6.42 Å². The Labute approximate surface area is 120 Å². The van der Waals surface area contributed by atoms with Crippen molar-refractivity contribution in [3.63, 3.8) is 0 Å². The van der Waals surface area contributed by atoms with Gasteiger partial charge in [-0.05, 0) is 19.1 Å². The maximum atomic E-state index is 11.7. The fourth-order valence-corrected chi connectivity index (χ4v) is 1.76. The average molecular weight is 300 g/mol. The molecule has 0 aliphatic heterocycles. The van der Waals surface area contributed by atoms with Crippen LogP contribution in [0.4, 0.5) is 5.69 Å². The second-order valence-electron chi connectivity index (χ2n) is 3.82. The number of carboxylic acid groups (broad SMARTS) is 1. The number of hydrogen-bond acceptors (Lipinski definition) is 4. The van der Waals surface area contributed by atoms with Crippen molar-refractivity contribution in [2.24, 2.45) is 0 Å². The second-order valence-corrected chi connectivity index (χ2v) is 4.23. The maximum Gasteiger partial charge on any atom is 0.339 e. The topological polar surface area (TPSA) is 92.7 Å². The summed E-state index contributed by atoms with van der Waals surface area (Å²) < 4.78 is 4.69. The van der Waals surface area contributed by atoms with Gasteiger partial charge in [0.2, 0.25) is 5.91 Å². The summed E-state index contributed by atoms with van der Waals surface area (Å²) in [7, 11) is 0. The van der Waals surface area contributed by atoms with Gasteiger partial charge >= 0.3 is 11.9 Å². The van der Waals surface area contributed by atoms with Crippen molar-refractivity contribution in [1.82, 2.24) is 0 Å². The number of halogens is 1. The van der Waals surface area contributed by atoms with Crippen molar-refractivity contribution in [2.45, 2.75) is 19.8 Å². The fourth-order valence-electron chi connectivity index (χ4n) is 1.51. The first kappa shape index (κ1) is 16.0. The molecule has 0 radical (unpaired) electrons. The Morgan fingerprint density at radius 1 is 1.30 bits per heavy atom. The molecule has 6 nitrogen and oxygen atoms in total. The summed E-state index contributed by atoms with van der Waals surface area (Å²) in [5.41, 5.74) is -0.0856. The van der Waals surface area contributed by atoms with Crippen LogP contribution < -0.4 is 5.32 Å². The molecule has 1 amide bonds. The first-order valence-corrected chi connectivity index (χ1v) is 6.30. The molecule has 0 heterocycles. The highest BCUT2D eigenvalue weighted by Gasteiger charge is 2.16. The van der Waals surface area contributed by atoms with Gasteiger partial charge in [0.05, 0.1) is 23.7 Å². The second kappa shape index (κ2) is 7.49. The third-order valence-corrected chi connectivity index (χ3v) is 2.68. The highest BCUT2D eigenvalue weighted by Crippen LogP contribution is 2.24. The molecule has 0 fully saturated rings. The molecular formula is C13H14ClNO5. The number of carbonyl (C=O) groups excluding carboxylic acids is 2. The van der Waals surface area contributed by atoms with E-state index < -0.39 is 17.8 Å². The van der Waals surface area contributed by atoms with Gasteiger partial charge in [0.25, 0.3) is 0 Å². The van der Waals surface area contributed by atoms with Crippen molar-refractivity contribution in [3.8, 4) is 0 Å². The van der Waals surface area contributed by atoms with Crippen LogP contribution in [0.1, 0.15) is 30.1 Å². The normalized spacial score (nSPS) is 9.90. The Morgan fingerprint density at radius 3 is 2.60 bits per heavy atom. The monoisotopic (exact) mass is 299 g/mol. The lowest BCUT2D eigenvalue weighted by Crippen LogP contribution is -2.16. The van der Waals surface area contributed by atoms with E-state index in [1.807, 2.05) is 0 Å². The zero-order chi connectivity index (χ0) is 15.1. The van der Waals surface area contributed by atoms with Crippen LogP contribution in [0.3, 0.4) is 0 Å². The third kappa shape index (κ3) is 4.55. The molecule has 1 aromatic rings. The van der Waals surface area contributed by atoms with E-state index in [9.17, 15) is 14.4 Å². The quantitative estimate of drug-likeness (QED) is 0.786. The van der Waals surface area contributed by atoms with Gasteiger partial charge in [-0.3, -0.25) is 9.59 Å². The Hall–Kier alpha value is -2.08. The molecule has 7 heteroatoms. The molecule has 108 valence electrons. The molecular weight excluding hydrogens is 286 g/mol. The number of carboxylic acids is 1. The minimum absolute atomic E-state index is 0.0284. The lowest BCUT2D eigenvalue weighted by Gasteiger charge is -2.09. The summed E-state index contributed by atoms with van der Waals surface area (Å²) in [6, 6.07) is 4.37. The largest absolute Gasteiger partial charge is 0.478 e. The molecule has 2 N–H and O–H groups in total. The predicted molar refractivity (Wildman–Crippen MR) is 72.9 cm³/mol. The van der Waals surface area contributed by atoms with E-state index in [0.29, 0.717) is 0 Å². The molecule has 1 rings (SSSR count). The number of ether oxygens (including phenoxy) is 1. The Balaban J connectivity index is 2.69. The summed E-state index contributed by atoms with van der Waals surface area (Å²) in [6.45, 7) is 1.92. The van der Waals surface area contributed by atoms with Gasteiger partial charge in [-0.1, -0.05) is 17.7 Å². The molecule has 0 bridgehead atoms. The first-order chi connectivity index (χ1) is 9.45. The molecule has 20 heavy (non-hydrogen) atoms. The number of amides is 1. The molecule has 1 aromatic carbocycles. The van der Waals surface area contributed by atoms with Gasteiger partial charge in [0.15, 0.2) is 0 Å². The molecule has 0 saturated heterocycles. The van der Waals surface area contributed by atoms with Crippen LogP contribution in [0, 0.1) is 0 Å². The molecule has 0 saturated carbocycles. The number of esters is 1. The third-order valence-electron chi connectivity index (χ3n) is 2.36. The number of carbonyl (C=O) groups is 3. The summed E-state index contributed by atoms with van der Waals surface area (Å²) in [5.74, 6) is -2.20. The summed E-state index contributed by atoms with van der Waals surface area (Å²) in [5, 5.41) is 11.5. The lowest BCUT2D eigenvalue weighted by atomic mass is 10.1. The van der Waals surface area contributed by atoms with Crippen LogP contribution in [0.2, 0.25) is 5.02 Å². The van der Waals surface area contributed by atoms with E-state index in [1.165, 1.54) is 18.2 Å². The molecule has 0 unspecified atom stereocenters. The zero-order valence-corrected chi connectivity index (χ0v) is 11.6. The Morgan fingerprint density at radius 2 is 2.00 bits per heavy atom. The lowest BCUT2D eigenvalue weighted by molar-refractivity contribution is -0.144. The summed E-state index contributed by atoms with van der Waals surface area (Å²) in [6.07, 6.45) is -0.160. The number of nitrogens with one attached hydrogen (secondary N) is 1. The van der Waals surface area contributed by atoms with E-state index in [4.69, 9.17) is 16.7 Å². The van der Waals surface area contributed by atoms with Crippen molar-refractivity contribution in [2.75, 3.05) is 11.9 Å². The standard InChI is InChI=1S/C13H14ClNO5/c1-2-20-11(17)7-6-10(16)15-9-5-3-4-8(14)12(9)13(18)19/h3-5H,2,6-7H2,1H3,(H,15,16)(H,18,19).